The predicted molar refractivity (Wildman–Crippen MR) is 126 cm³/mol. The highest BCUT2D eigenvalue weighted by Crippen LogP contribution is 2.21. The van der Waals surface area contributed by atoms with E-state index in [1.165, 1.54) is 12.8 Å². The number of hydrogen-bond donors (Lipinski definition) is 1. The van der Waals surface area contributed by atoms with Crippen LogP contribution < -0.4 is 10.2 Å². The van der Waals surface area contributed by atoms with E-state index in [4.69, 9.17) is 14.3 Å². The van der Waals surface area contributed by atoms with Gasteiger partial charge >= 0.3 is 0 Å². The van der Waals surface area contributed by atoms with Crippen LogP contribution in [-0.4, -0.2) is 70.0 Å². The standard InChI is InChI=1S/C24H33N7O3/c1-18-8-10-30(11-9-18)23-5-4-21-26-27-22(31(21)28-23)6-7-24(32)25-16-19-2-3-20(34-19)17-29-12-14-33-15-13-29/h2-5,18H,6-17H2,1H3,(H,25,32). The SMILES string of the molecule is CC1CCN(c2ccc3nnc(CCC(=O)NCc4ccc(CN5CCOCC5)o4)n3n2)CC1. The molecule has 0 unspecified atom stereocenters. The highest BCUT2D eigenvalue weighted by atomic mass is 16.5. The second-order valence-electron chi connectivity index (χ2n) is 9.28. The summed E-state index contributed by atoms with van der Waals surface area (Å²) in [5, 5.41) is 16.2. The fourth-order valence-electron chi connectivity index (χ4n) is 4.47. The first-order valence-electron chi connectivity index (χ1n) is 12.2. The molecule has 0 bridgehead atoms. The third-order valence-electron chi connectivity index (χ3n) is 6.66. The molecule has 2 aliphatic rings. The van der Waals surface area contributed by atoms with Crippen LogP contribution in [0.1, 0.15) is 43.5 Å². The Hall–Kier alpha value is -2.98. The molecule has 10 heteroatoms. The summed E-state index contributed by atoms with van der Waals surface area (Å²) in [6, 6.07) is 7.86. The minimum Gasteiger partial charge on any atom is -0.463 e. The second-order valence-corrected chi connectivity index (χ2v) is 9.28. The van der Waals surface area contributed by atoms with Crippen molar-refractivity contribution in [2.75, 3.05) is 44.3 Å². The number of morpholine rings is 1. The Morgan fingerprint density at radius 1 is 1.06 bits per heavy atom. The van der Waals surface area contributed by atoms with Crippen LogP contribution in [0.2, 0.25) is 0 Å². The molecular formula is C24H33N7O3. The molecule has 0 saturated carbocycles. The molecule has 2 aliphatic heterocycles. The minimum absolute atomic E-state index is 0.0518. The molecule has 5 rings (SSSR count). The van der Waals surface area contributed by atoms with Crippen molar-refractivity contribution >= 4 is 17.4 Å². The largest absolute Gasteiger partial charge is 0.463 e. The van der Waals surface area contributed by atoms with Crippen LogP contribution in [0.3, 0.4) is 0 Å². The fraction of sp³-hybridized carbons (Fsp3) is 0.583. The maximum absolute atomic E-state index is 12.5. The van der Waals surface area contributed by atoms with Crippen molar-refractivity contribution in [2.24, 2.45) is 5.92 Å². The maximum atomic E-state index is 12.5. The van der Waals surface area contributed by atoms with Gasteiger partial charge in [-0.15, -0.1) is 15.3 Å². The van der Waals surface area contributed by atoms with E-state index < -0.39 is 0 Å². The Morgan fingerprint density at radius 3 is 2.68 bits per heavy atom. The summed E-state index contributed by atoms with van der Waals surface area (Å²) in [5.74, 6) is 4.02. The van der Waals surface area contributed by atoms with Gasteiger partial charge < -0.3 is 19.4 Å². The number of aromatic nitrogens is 4. The number of piperidine rings is 1. The molecule has 1 N–H and O–H groups in total. The molecule has 10 nitrogen and oxygen atoms in total. The third-order valence-corrected chi connectivity index (χ3v) is 6.66. The summed E-state index contributed by atoms with van der Waals surface area (Å²) in [4.78, 5) is 17.1. The Balaban J connectivity index is 1.12. The first kappa shape index (κ1) is 22.8. The summed E-state index contributed by atoms with van der Waals surface area (Å²) < 4.78 is 13.0. The van der Waals surface area contributed by atoms with Crippen LogP contribution in [0.5, 0.6) is 0 Å². The van der Waals surface area contributed by atoms with Crippen LogP contribution in [0.4, 0.5) is 5.82 Å². The van der Waals surface area contributed by atoms with Gasteiger partial charge in [0.05, 0.1) is 26.3 Å². The van der Waals surface area contributed by atoms with E-state index >= 15 is 0 Å². The average Bonchev–Trinajstić information content (AvgIpc) is 3.49. The van der Waals surface area contributed by atoms with Crippen LogP contribution in [0.15, 0.2) is 28.7 Å². The predicted octanol–water partition coefficient (Wildman–Crippen LogP) is 2.03. The van der Waals surface area contributed by atoms with E-state index in [0.29, 0.717) is 30.9 Å². The smallest absolute Gasteiger partial charge is 0.220 e. The Labute approximate surface area is 199 Å². The van der Waals surface area contributed by atoms with Gasteiger partial charge in [-0.3, -0.25) is 9.69 Å². The van der Waals surface area contributed by atoms with Gasteiger partial charge in [0.15, 0.2) is 11.5 Å². The summed E-state index contributed by atoms with van der Waals surface area (Å²) in [5.41, 5.74) is 0.702. The van der Waals surface area contributed by atoms with E-state index in [9.17, 15) is 4.79 Å². The molecule has 5 heterocycles. The van der Waals surface area contributed by atoms with Crippen LogP contribution in [0, 0.1) is 5.92 Å². The molecule has 0 spiro atoms. The van der Waals surface area contributed by atoms with Crippen molar-refractivity contribution < 1.29 is 13.9 Å². The van der Waals surface area contributed by atoms with Gasteiger partial charge in [0.2, 0.25) is 5.91 Å². The lowest BCUT2D eigenvalue weighted by atomic mass is 9.99. The fourth-order valence-corrected chi connectivity index (χ4v) is 4.47. The molecule has 2 fully saturated rings. The minimum atomic E-state index is -0.0518. The Kier molecular flexibility index (Phi) is 7.05. The van der Waals surface area contributed by atoms with E-state index in [0.717, 1.165) is 69.2 Å². The van der Waals surface area contributed by atoms with Crippen molar-refractivity contribution in [1.29, 1.82) is 0 Å². The lowest BCUT2D eigenvalue weighted by Gasteiger charge is -2.30. The van der Waals surface area contributed by atoms with E-state index in [-0.39, 0.29) is 5.91 Å². The molecule has 0 aromatic carbocycles. The van der Waals surface area contributed by atoms with Gasteiger partial charge in [0.25, 0.3) is 0 Å². The number of nitrogens with zero attached hydrogens (tertiary/aromatic N) is 6. The number of nitrogens with one attached hydrogen (secondary N) is 1. The number of aryl methyl sites for hydroxylation is 1. The van der Waals surface area contributed by atoms with Gasteiger partial charge in [-0.05, 0) is 43.0 Å². The highest BCUT2D eigenvalue weighted by Gasteiger charge is 2.19. The number of amides is 1. The summed E-state index contributed by atoms with van der Waals surface area (Å²) in [7, 11) is 0. The number of hydrogen-bond acceptors (Lipinski definition) is 8. The number of ether oxygens (including phenoxy) is 1. The first-order chi connectivity index (χ1) is 16.6. The number of carbonyl (C=O) groups is 1. The molecule has 0 atom stereocenters. The van der Waals surface area contributed by atoms with Gasteiger partial charge in [0, 0.05) is 39.0 Å². The third kappa shape index (κ3) is 5.56. The van der Waals surface area contributed by atoms with Crippen molar-refractivity contribution in [3.8, 4) is 0 Å². The van der Waals surface area contributed by atoms with Crippen molar-refractivity contribution in [3.63, 3.8) is 0 Å². The number of fused-ring (bicyclic) bond motifs is 1. The Morgan fingerprint density at radius 2 is 1.85 bits per heavy atom. The molecule has 182 valence electrons. The van der Waals surface area contributed by atoms with Crippen LogP contribution >= 0.6 is 0 Å². The van der Waals surface area contributed by atoms with Gasteiger partial charge in [-0.1, -0.05) is 6.92 Å². The molecule has 2 saturated heterocycles. The zero-order valence-corrected chi connectivity index (χ0v) is 19.8. The number of furan rings is 1. The van der Waals surface area contributed by atoms with Gasteiger partial charge in [-0.25, -0.2) is 0 Å². The second kappa shape index (κ2) is 10.5. The molecule has 3 aromatic rings. The molecule has 0 radical (unpaired) electrons. The van der Waals surface area contributed by atoms with E-state index in [1.54, 1.807) is 4.52 Å². The van der Waals surface area contributed by atoms with Crippen LogP contribution in [-0.2, 0) is 29.0 Å². The summed E-state index contributed by atoms with van der Waals surface area (Å²) >= 11 is 0. The lowest BCUT2D eigenvalue weighted by molar-refractivity contribution is -0.121. The van der Waals surface area contributed by atoms with Crippen molar-refractivity contribution in [2.45, 2.75) is 45.7 Å². The molecule has 34 heavy (non-hydrogen) atoms. The number of rotatable bonds is 8. The molecule has 3 aromatic heterocycles. The Bertz CT molecular complexity index is 1100. The molecular weight excluding hydrogens is 434 g/mol. The van der Waals surface area contributed by atoms with E-state index in [1.807, 2.05) is 24.3 Å². The lowest BCUT2D eigenvalue weighted by Crippen LogP contribution is -2.35. The summed E-state index contributed by atoms with van der Waals surface area (Å²) in [6.07, 6.45) is 3.15. The normalized spacial score (nSPS) is 18.0. The quantitative estimate of drug-likeness (QED) is 0.537. The first-order valence-corrected chi connectivity index (χ1v) is 12.2. The number of anilines is 1. The van der Waals surface area contributed by atoms with Crippen LogP contribution in [0.25, 0.3) is 5.65 Å². The molecule has 1 amide bonds. The van der Waals surface area contributed by atoms with Gasteiger partial charge in [0.1, 0.15) is 17.3 Å². The molecule has 0 aliphatic carbocycles. The number of carbonyl (C=O) groups excluding carboxylic acids is 1. The van der Waals surface area contributed by atoms with Crippen molar-refractivity contribution in [1.82, 2.24) is 30.0 Å². The van der Waals surface area contributed by atoms with Gasteiger partial charge in [-0.2, -0.15) is 4.52 Å². The zero-order chi connectivity index (χ0) is 23.3. The topological polar surface area (TPSA) is 101 Å². The highest BCUT2D eigenvalue weighted by molar-refractivity contribution is 5.76. The summed E-state index contributed by atoms with van der Waals surface area (Å²) in [6.45, 7) is 8.82. The maximum Gasteiger partial charge on any atom is 0.220 e. The monoisotopic (exact) mass is 467 g/mol. The van der Waals surface area contributed by atoms with Crippen molar-refractivity contribution in [3.05, 3.63) is 41.6 Å². The zero-order valence-electron chi connectivity index (χ0n) is 19.8. The average molecular weight is 468 g/mol. The van der Waals surface area contributed by atoms with E-state index in [2.05, 4.69) is 32.2 Å².